The van der Waals surface area contributed by atoms with Gasteiger partial charge < -0.3 is 14.8 Å². The van der Waals surface area contributed by atoms with Crippen molar-refractivity contribution in [3.8, 4) is 0 Å². The average molecular weight is 271 g/mol. The van der Waals surface area contributed by atoms with Crippen LogP contribution >= 0.6 is 0 Å². The molecule has 0 bridgehead atoms. The number of likely N-dealkylation sites (N-methyl/N-ethyl adjacent to an activating group) is 1. The van der Waals surface area contributed by atoms with E-state index in [0.717, 1.165) is 6.54 Å². The second-order valence-corrected chi connectivity index (χ2v) is 6.53. The lowest BCUT2D eigenvalue weighted by Crippen LogP contribution is -2.42. The predicted octanol–water partition coefficient (Wildman–Crippen LogP) is 3.52. The Morgan fingerprint density at radius 3 is 2.32 bits per heavy atom. The van der Waals surface area contributed by atoms with Crippen molar-refractivity contribution in [3.63, 3.8) is 0 Å². The van der Waals surface area contributed by atoms with E-state index in [1.807, 2.05) is 0 Å². The summed E-state index contributed by atoms with van der Waals surface area (Å²) in [5.41, 5.74) is -0.0641. The van der Waals surface area contributed by atoms with Gasteiger partial charge in [0.05, 0.1) is 24.9 Å². The molecule has 1 N–H and O–H groups in total. The number of ether oxygens (including phenoxy) is 2. The molecule has 3 heteroatoms. The highest BCUT2D eigenvalue weighted by atomic mass is 16.5. The van der Waals surface area contributed by atoms with Crippen molar-refractivity contribution >= 4 is 0 Å². The van der Waals surface area contributed by atoms with E-state index in [1.165, 1.54) is 38.5 Å². The zero-order valence-corrected chi connectivity index (χ0v) is 13.3. The van der Waals surface area contributed by atoms with Crippen LogP contribution in [0.15, 0.2) is 0 Å². The second-order valence-electron chi connectivity index (χ2n) is 6.53. The van der Waals surface area contributed by atoms with Crippen molar-refractivity contribution in [2.75, 3.05) is 19.8 Å². The molecule has 0 amide bonds. The van der Waals surface area contributed by atoms with E-state index in [2.05, 4.69) is 33.0 Å². The van der Waals surface area contributed by atoms with Crippen LogP contribution in [0.4, 0.5) is 0 Å². The lowest BCUT2D eigenvalue weighted by atomic mass is 9.94. The summed E-state index contributed by atoms with van der Waals surface area (Å²) in [4.78, 5) is 0. The molecule has 0 aliphatic heterocycles. The Morgan fingerprint density at radius 1 is 1.00 bits per heavy atom. The molecule has 1 saturated carbocycles. The molecular weight excluding hydrogens is 238 g/mol. The summed E-state index contributed by atoms with van der Waals surface area (Å²) in [7, 11) is 0. The van der Waals surface area contributed by atoms with E-state index in [4.69, 9.17) is 9.47 Å². The van der Waals surface area contributed by atoms with Crippen LogP contribution in [0.5, 0.6) is 0 Å². The Balaban J connectivity index is 2.32. The molecule has 19 heavy (non-hydrogen) atoms. The van der Waals surface area contributed by atoms with E-state index < -0.39 is 0 Å². The maximum atomic E-state index is 6.09. The topological polar surface area (TPSA) is 30.5 Å². The Hall–Kier alpha value is -0.120. The molecule has 1 aliphatic carbocycles. The van der Waals surface area contributed by atoms with E-state index >= 15 is 0 Å². The Morgan fingerprint density at radius 2 is 1.68 bits per heavy atom. The van der Waals surface area contributed by atoms with Crippen molar-refractivity contribution in [2.45, 2.75) is 84.0 Å². The monoisotopic (exact) mass is 271 g/mol. The fraction of sp³-hybridized carbons (Fsp3) is 1.00. The smallest absolute Gasteiger partial charge is 0.0729 e. The van der Waals surface area contributed by atoms with Gasteiger partial charge in [-0.05, 0) is 40.2 Å². The molecule has 0 aromatic carbocycles. The van der Waals surface area contributed by atoms with Gasteiger partial charge in [0, 0.05) is 6.04 Å². The first-order valence-corrected chi connectivity index (χ1v) is 8.02. The average Bonchev–Trinajstić information content (AvgIpc) is 2.30. The fourth-order valence-corrected chi connectivity index (χ4v) is 2.69. The number of hydrogen-bond acceptors (Lipinski definition) is 3. The van der Waals surface area contributed by atoms with Crippen molar-refractivity contribution in [3.05, 3.63) is 0 Å². The SMILES string of the molecule is CCNC1CCCCCCC1OCCOC(C)(C)C. The van der Waals surface area contributed by atoms with Gasteiger partial charge in [0.15, 0.2) is 0 Å². The second kappa shape index (κ2) is 8.93. The highest BCUT2D eigenvalue weighted by Crippen LogP contribution is 2.20. The van der Waals surface area contributed by atoms with Gasteiger partial charge in [0.2, 0.25) is 0 Å². The predicted molar refractivity (Wildman–Crippen MR) is 80.6 cm³/mol. The summed E-state index contributed by atoms with van der Waals surface area (Å²) in [6.07, 6.45) is 8.16. The summed E-state index contributed by atoms with van der Waals surface area (Å²) >= 11 is 0. The van der Waals surface area contributed by atoms with Gasteiger partial charge in [-0.15, -0.1) is 0 Å². The maximum absolute atomic E-state index is 6.09. The van der Waals surface area contributed by atoms with E-state index in [-0.39, 0.29) is 5.60 Å². The first-order chi connectivity index (χ1) is 9.03. The molecule has 2 atom stereocenters. The third-order valence-corrected chi connectivity index (χ3v) is 3.62. The van der Waals surface area contributed by atoms with Crippen molar-refractivity contribution in [1.82, 2.24) is 5.32 Å². The minimum Gasteiger partial charge on any atom is -0.374 e. The molecule has 1 fully saturated rings. The summed E-state index contributed by atoms with van der Waals surface area (Å²) < 4.78 is 11.8. The van der Waals surface area contributed by atoms with Crippen molar-refractivity contribution in [1.29, 1.82) is 0 Å². The van der Waals surface area contributed by atoms with Crippen LogP contribution < -0.4 is 5.32 Å². The molecule has 1 aliphatic rings. The van der Waals surface area contributed by atoms with E-state index in [1.54, 1.807) is 0 Å². The molecule has 0 aromatic rings. The zero-order chi connectivity index (χ0) is 14.1. The molecule has 0 radical (unpaired) electrons. The molecule has 0 aromatic heterocycles. The summed E-state index contributed by atoms with van der Waals surface area (Å²) in [5.74, 6) is 0. The van der Waals surface area contributed by atoms with E-state index in [0.29, 0.717) is 25.4 Å². The van der Waals surface area contributed by atoms with Gasteiger partial charge in [0.25, 0.3) is 0 Å². The van der Waals surface area contributed by atoms with Gasteiger partial charge in [0.1, 0.15) is 0 Å². The minimum atomic E-state index is -0.0641. The van der Waals surface area contributed by atoms with Crippen LogP contribution in [0.3, 0.4) is 0 Å². The van der Waals surface area contributed by atoms with Crippen LogP contribution in [0, 0.1) is 0 Å². The van der Waals surface area contributed by atoms with Gasteiger partial charge in [-0.25, -0.2) is 0 Å². The third-order valence-electron chi connectivity index (χ3n) is 3.62. The molecule has 0 saturated heterocycles. The van der Waals surface area contributed by atoms with Crippen LogP contribution in [0.2, 0.25) is 0 Å². The molecule has 0 spiro atoms. The summed E-state index contributed by atoms with van der Waals surface area (Å²) in [6, 6.07) is 0.528. The minimum absolute atomic E-state index is 0.0641. The molecule has 114 valence electrons. The molecule has 3 nitrogen and oxygen atoms in total. The van der Waals surface area contributed by atoms with Crippen LogP contribution in [-0.4, -0.2) is 37.5 Å². The van der Waals surface area contributed by atoms with Crippen LogP contribution in [0.25, 0.3) is 0 Å². The Labute approximate surface area is 119 Å². The van der Waals surface area contributed by atoms with E-state index in [9.17, 15) is 0 Å². The zero-order valence-electron chi connectivity index (χ0n) is 13.3. The van der Waals surface area contributed by atoms with Crippen molar-refractivity contribution < 1.29 is 9.47 Å². The van der Waals surface area contributed by atoms with Crippen LogP contribution in [0.1, 0.15) is 66.2 Å². The first kappa shape index (κ1) is 16.9. The standard InChI is InChI=1S/C16H33NO2/c1-5-17-14-10-8-6-7-9-11-15(14)18-12-13-19-16(2,3)4/h14-15,17H,5-13H2,1-4H3. The summed E-state index contributed by atoms with van der Waals surface area (Å²) in [5, 5.41) is 3.59. The summed E-state index contributed by atoms with van der Waals surface area (Å²) in [6.45, 7) is 10.9. The van der Waals surface area contributed by atoms with Crippen LogP contribution in [-0.2, 0) is 9.47 Å². The highest BCUT2D eigenvalue weighted by molar-refractivity contribution is 4.79. The molecule has 1 rings (SSSR count). The fourth-order valence-electron chi connectivity index (χ4n) is 2.69. The first-order valence-electron chi connectivity index (χ1n) is 8.02. The third kappa shape index (κ3) is 7.91. The van der Waals surface area contributed by atoms with Gasteiger partial charge in [-0.2, -0.15) is 0 Å². The molecule has 0 heterocycles. The highest BCUT2D eigenvalue weighted by Gasteiger charge is 2.22. The van der Waals surface area contributed by atoms with Gasteiger partial charge in [-0.3, -0.25) is 0 Å². The maximum Gasteiger partial charge on any atom is 0.0729 e. The molecular formula is C16H33NO2. The lowest BCUT2D eigenvalue weighted by molar-refractivity contribution is -0.0617. The number of nitrogens with one attached hydrogen (secondary N) is 1. The van der Waals surface area contributed by atoms with Gasteiger partial charge >= 0.3 is 0 Å². The quantitative estimate of drug-likeness (QED) is 0.750. The number of rotatable bonds is 6. The largest absolute Gasteiger partial charge is 0.374 e. The van der Waals surface area contributed by atoms with Gasteiger partial charge in [-0.1, -0.05) is 32.6 Å². The Kier molecular flexibility index (Phi) is 7.96. The van der Waals surface area contributed by atoms with Crippen molar-refractivity contribution in [2.24, 2.45) is 0 Å². The Bertz CT molecular complexity index is 225. The molecule has 2 unspecified atom stereocenters. The normalized spacial score (nSPS) is 25.9. The number of hydrogen-bond donors (Lipinski definition) is 1. The lowest BCUT2D eigenvalue weighted by Gasteiger charge is -2.30.